The number of nitro benzene ring substituents is 1. The Morgan fingerprint density at radius 3 is 2.76 bits per heavy atom. The lowest BCUT2D eigenvalue weighted by Gasteiger charge is -2.39. The smallest absolute Gasteiger partial charge is 0.305 e. The Hall–Kier alpha value is -1.98. The van der Waals surface area contributed by atoms with Crippen molar-refractivity contribution in [3.63, 3.8) is 0 Å². The molecule has 1 atom stereocenters. The number of carbonyl (C=O) groups is 1. The highest BCUT2D eigenvalue weighted by Crippen LogP contribution is 2.35. The Labute approximate surface area is 122 Å². The van der Waals surface area contributed by atoms with E-state index >= 15 is 0 Å². The minimum Gasteiger partial charge on any atom is -0.349 e. The molecule has 114 valence electrons. The molecule has 2 rings (SSSR count). The van der Waals surface area contributed by atoms with E-state index in [1.165, 1.54) is 6.07 Å². The fourth-order valence-electron chi connectivity index (χ4n) is 2.80. The van der Waals surface area contributed by atoms with Crippen molar-refractivity contribution in [2.75, 3.05) is 0 Å². The average Bonchev–Trinajstić information content (AvgIpc) is 2.41. The SMILES string of the molecule is CC1(C)CCCCC1NC(=O)c1ccc(F)c([N+](=O)[O-])c1. The molecule has 0 bridgehead atoms. The Kier molecular flexibility index (Phi) is 4.25. The van der Waals surface area contributed by atoms with Gasteiger partial charge in [0.2, 0.25) is 5.82 Å². The molecule has 1 aliphatic rings. The lowest BCUT2D eigenvalue weighted by atomic mass is 9.73. The second-order valence-electron chi connectivity index (χ2n) is 6.18. The van der Waals surface area contributed by atoms with Crippen molar-refractivity contribution in [1.29, 1.82) is 0 Å². The van der Waals surface area contributed by atoms with Crippen molar-refractivity contribution in [3.8, 4) is 0 Å². The third-order valence-electron chi connectivity index (χ3n) is 4.22. The molecule has 0 radical (unpaired) electrons. The normalized spacial score (nSPS) is 20.8. The molecule has 0 spiro atoms. The molecule has 0 saturated heterocycles. The zero-order valence-electron chi connectivity index (χ0n) is 12.2. The molecule has 1 fully saturated rings. The van der Waals surface area contributed by atoms with Gasteiger partial charge in [-0.2, -0.15) is 4.39 Å². The predicted octanol–water partition coefficient (Wildman–Crippen LogP) is 3.43. The van der Waals surface area contributed by atoms with E-state index in [1.807, 2.05) is 0 Å². The van der Waals surface area contributed by atoms with Gasteiger partial charge < -0.3 is 5.32 Å². The molecular weight excluding hydrogens is 275 g/mol. The number of carbonyl (C=O) groups excluding carboxylic acids is 1. The van der Waals surface area contributed by atoms with Crippen LogP contribution in [0.5, 0.6) is 0 Å². The van der Waals surface area contributed by atoms with Crippen LogP contribution in [0.1, 0.15) is 49.9 Å². The number of nitrogens with one attached hydrogen (secondary N) is 1. The molecule has 0 aromatic heterocycles. The lowest BCUT2D eigenvalue weighted by molar-refractivity contribution is -0.387. The number of benzene rings is 1. The number of nitro groups is 1. The van der Waals surface area contributed by atoms with Crippen molar-refractivity contribution >= 4 is 11.6 Å². The number of halogens is 1. The molecule has 1 amide bonds. The van der Waals surface area contributed by atoms with Gasteiger partial charge >= 0.3 is 5.69 Å². The summed E-state index contributed by atoms with van der Waals surface area (Å²) in [5.74, 6) is -1.33. The number of rotatable bonds is 3. The summed E-state index contributed by atoms with van der Waals surface area (Å²) in [5.41, 5.74) is -0.560. The van der Waals surface area contributed by atoms with Gasteiger partial charge in [0, 0.05) is 17.7 Å². The molecule has 21 heavy (non-hydrogen) atoms. The molecule has 5 nitrogen and oxygen atoms in total. The molecular formula is C15H19FN2O3. The van der Waals surface area contributed by atoms with Crippen molar-refractivity contribution in [2.45, 2.75) is 45.6 Å². The van der Waals surface area contributed by atoms with E-state index in [-0.39, 0.29) is 17.0 Å². The van der Waals surface area contributed by atoms with Crippen LogP contribution in [0.15, 0.2) is 18.2 Å². The number of hydrogen-bond donors (Lipinski definition) is 1. The van der Waals surface area contributed by atoms with Gasteiger partial charge in [0.1, 0.15) is 0 Å². The molecule has 1 aliphatic carbocycles. The molecule has 0 heterocycles. The second kappa shape index (κ2) is 5.79. The van der Waals surface area contributed by atoms with Gasteiger partial charge in [-0.3, -0.25) is 14.9 Å². The molecule has 1 unspecified atom stereocenters. The zero-order chi connectivity index (χ0) is 15.6. The van der Waals surface area contributed by atoms with Crippen LogP contribution < -0.4 is 5.32 Å². The quantitative estimate of drug-likeness (QED) is 0.685. The molecule has 6 heteroatoms. The van der Waals surface area contributed by atoms with Crippen LogP contribution in [-0.4, -0.2) is 16.9 Å². The van der Waals surface area contributed by atoms with E-state index in [1.54, 1.807) is 0 Å². The Balaban J connectivity index is 2.17. The average molecular weight is 294 g/mol. The van der Waals surface area contributed by atoms with Crippen LogP contribution in [0.25, 0.3) is 0 Å². The predicted molar refractivity (Wildman–Crippen MR) is 76.6 cm³/mol. The highest BCUT2D eigenvalue weighted by atomic mass is 19.1. The summed E-state index contributed by atoms with van der Waals surface area (Å²) in [4.78, 5) is 22.1. The third-order valence-corrected chi connectivity index (χ3v) is 4.22. The van der Waals surface area contributed by atoms with Crippen LogP contribution >= 0.6 is 0 Å². The third kappa shape index (κ3) is 3.37. The first-order valence-electron chi connectivity index (χ1n) is 7.06. The lowest BCUT2D eigenvalue weighted by Crippen LogP contribution is -2.46. The Morgan fingerprint density at radius 1 is 1.43 bits per heavy atom. The summed E-state index contributed by atoms with van der Waals surface area (Å²) < 4.78 is 13.3. The van der Waals surface area contributed by atoms with Gasteiger partial charge in [0.05, 0.1) is 4.92 Å². The van der Waals surface area contributed by atoms with Crippen molar-refractivity contribution in [2.24, 2.45) is 5.41 Å². The number of amides is 1. The van der Waals surface area contributed by atoms with Gasteiger partial charge in [-0.15, -0.1) is 0 Å². The molecule has 1 N–H and O–H groups in total. The fourth-order valence-corrected chi connectivity index (χ4v) is 2.80. The van der Waals surface area contributed by atoms with Crippen LogP contribution in [-0.2, 0) is 0 Å². The molecule has 1 aromatic rings. The van der Waals surface area contributed by atoms with Crippen LogP contribution in [0.4, 0.5) is 10.1 Å². The Morgan fingerprint density at radius 2 is 2.14 bits per heavy atom. The number of nitrogens with zero attached hydrogens (tertiary/aromatic N) is 1. The summed E-state index contributed by atoms with van der Waals surface area (Å²) in [6, 6.07) is 3.25. The maximum absolute atomic E-state index is 13.3. The van der Waals surface area contributed by atoms with Gasteiger partial charge in [0.15, 0.2) is 0 Å². The molecule has 0 aliphatic heterocycles. The van der Waals surface area contributed by atoms with Crippen LogP contribution in [0, 0.1) is 21.3 Å². The first-order valence-corrected chi connectivity index (χ1v) is 7.06. The monoisotopic (exact) mass is 294 g/mol. The van der Waals surface area contributed by atoms with Crippen LogP contribution in [0.3, 0.4) is 0 Å². The first kappa shape index (κ1) is 15.4. The maximum atomic E-state index is 13.3. The highest BCUT2D eigenvalue weighted by molar-refractivity contribution is 5.95. The number of hydrogen-bond acceptors (Lipinski definition) is 3. The topological polar surface area (TPSA) is 72.2 Å². The minimum atomic E-state index is -0.936. The zero-order valence-corrected chi connectivity index (χ0v) is 12.2. The maximum Gasteiger partial charge on any atom is 0.305 e. The fraction of sp³-hybridized carbons (Fsp3) is 0.533. The summed E-state index contributed by atoms with van der Waals surface area (Å²) >= 11 is 0. The molecule has 1 saturated carbocycles. The first-order chi connectivity index (χ1) is 9.81. The highest BCUT2D eigenvalue weighted by Gasteiger charge is 2.33. The van der Waals surface area contributed by atoms with E-state index in [0.717, 1.165) is 37.8 Å². The molecule has 1 aromatic carbocycles. The van der Waals surface area contributed by atoms with Crippen molar-refractivity contribution in [1.82, 2.24) is 5.32 Å². The van der Waals surface area contributed by atoms with Gasteiger partial charge in [-0.1, -0.05) is 26.7 Å². The summed E-state index contributed by atoms with van der Waals surface area (Å²) in [7, 11) is 0. The van der Waals surface area contributed by atoms with Crippen molar-refractivity contribution < 1.29 is 14.1 Å². The van der Waals surface area contributed by atoms with E-state index in [9.17, 15) is 19.3 Å². The second-order valence-corrected chi connectivity index (χ2v) is 6.18. The van der Waals surface area contributed by atoms with Gasteiger partial charge in [0.25, 0.3) is 5.91 Å². The van der Waals surface area contributed by atoms with E-state index in [0.29, 0.717) is 0 Å². The summed E-state index contributed by atoms with van der Waals surface area (Å²) in [6.07, 6.45) is 4.11. The van der Waals surface area contributed by atoms with E-state index in [4.69, 9.17) is 0 Å². The van der Waals surface area contributed by atoms with E-state index < -0.39 is 22.3 Å². The Bertz CT molecular complexity index is 572. The van der Waals surface area contributed by atoms with Crippen molar-refractivity contribution in [3.05, 3.63) is 39.7 Å². The van der Waals surface area contributed by atoms with E-state index in [2.05, 4.69) is 19.2 Å². The largest absolute Gasteiger partial charge is 0.349 e. The van der Waals surface area contributed by atoms with Gasteiger partial charge in [-0.05, 0) is 30.4 Å². The van der Waals surface area contributed by atoms with Gasteiger partial charge in [-0.25, -0.2) is 0 Å². The standard InChI is InChI=1S/C15H19FN2O3/c1-15(2)8-4-3-5-13(15)17-14(19)10-6-7-11(16)12(9-10)18(20)21/h6-7,9,13H,3-5,8H2,1-2H3,(H,17,19). The summed E-state index contributed by atoms with van der Waals surface area (Å²) in [6.45, 7) is 4.20. The van der Waals surface area contributed by atoms with Crippen LogP contribution in [0.2, 0.25) is 0 Å². The summed E-state index contributed by atoms with van der Waals surface area (Å²) in [5, 5.41) is 13.7. The minimum absolute atomic E-state index is 0.000125.